The topological polar surface area (TPSA) is 103 Å². The Morgan fingerprint density at radius 1 is 1.15 bits per heavy atom. The molecule has 0 bridgehead atoms. The summed E-state index contributed by atoms with van der Waals surface area (Å²) in [7, 11) is 1.63. The molecule has 3 rings (SSSR count). The number of amides is 3. The van der Waals surface area contributed by atoms with E-state index < -0.39 is 41.6 Å². The molecule has 0 spiro atoms. The molecule has 3 atom stereocenters. The van der Waals surface area contributed by atoms with E-state index in [0.29, 0.717) is 11.4 Å². The molecule has 0 saturated carbocycles. The number of aromatic nitrogens is 1. The van der Waals surface area contributed by atoms with Crippen LogP contribution >= 0.6 is 0 Å². The van der Waals surface area contributed by atoms with Crippen LogP contribution in [0.4, 0.5) is 20.3 Å². The molecule has 176 valence electrons. The Labute approximate surface area is 190 Å². The fourth-order valence-electron chi connectivity index (χ4n) is 3.60. The number of rotatable bonds is 7. The van der Waals surface area contributed by atoms with E-state index in [-0.39, 0.29) is 23.9 Å². The molecule has 2 heterocycles. The van der Waals surface area contributed by atoms with Gasteiger partial charge in [-0.25, -0.2) is 13.8 Å². The third kappa shape index (κ3) is 5.16. The van der Waals surface area contributed by atoms with E-state index in [1.807, 2.05) is 0 Å². The molecule has 0 saturated heterocycles. The minimum Gasteiger partial charge on any atom is -0.343 e. The van der Waals surface area contributed by atoms with Crippen molar-refractivity contribution >= 4 is 29.2 Å². The number of benzene rings is 1. The van der Waals surface area contributed by atoms with Gasteiger partial charge in [0.2, 0.25) is 11.8 Å². The van der Waals surface area contributed by atoms with Gasteiger partial charge in [0.05, 0.1) is 11.7 Å². The molecule has 10 heteroatoms. The number of anilines is 2. The lowest BCUT2D eigenvalue weighted by molar-refractivity contribution is -0.130. The van der Waals surface area contributed by atoms with Crippen molar-refractivity contribution < 1.29 is 23.2 Å². The van der Waals surface area contributed by atoms with Crippen LogP contribution in [-0.2, 0) is 20.8 Å². The Hall–Kier alpha value is -3.40. The van der Waals surface area contributed by atoms with Crippen LogP contribution in [0, 0.1) is 17.6 Å². The minimum absolute atomic E-state index is 0.142. The second-order valence-electron chi connectivity index (χ2n) is 8.27. The molecule has 8 nitrogen and oxygen atoms in total. The van der Waals surface area contributed by atoms with Crippen LogP contribution in [0.25, 0.3) is 0 Å². The van der Waals surface area contributed by atoms with Crippen molar-refractivity contribution in [1.29, 1.82) is 0 Å². The first-order chi connectivity index (χ1) is 15.6. The summed E-state index contributed by atoms with van der Waals surface area (Å²) < 4.78 is 27.7. The Balaban J connectivity index is 1.92. The van der Waals surface area contributed by atoms with Crippen molar-refractivity contribution in [2.45, 2.75) is 45.3 Å². The van der Waals surface area contributed by atoms with Gasteiger partial charge in [-0.15, -0.1) is 0 Å². The first-order valence-electron chi connectivity index (χ1n) is 10.6. The van der Waals surface area contributed by atoms with Crippen LogP contribution in [0.3, 0.4) is 0 Å². The predicted molar refractivity (Wildman–Crippen MR) is 119 cm³/mol. The summed E-state index contributed by atoms with van der Waals surface area (Å²) >= 11 is 0. The first-order valence-corrected chi connectivity index (χ1v) is 10.6. The molecule has 2 aromatic rings. The Kier molecular flexibility index (Phi) is 7.37. The molecular formula is C23H27F2N5O3. The molecule has 33 heavy (non-hydrogen) atoms. The van der Waals surface area contributed by atoms with E-state index in [9.17, 15) is 23.2 Å². The average Bonchev–Trinajstić information content (AvgIpc) is 3.18. The summed E-state index contributed by atoms with van der Waals surface area (Å²) in [6, 6.07) is 3.64. The summed E-state index contributed by atoms with van der Waals surface area (Å²) in [5, 5.41) is 7.93. The largest absolute Gasteiger partial charge is 0.343 e. The summed E-state index contributed by atoms with van der Waals surface area (Å²) in [6.45, 7) is 5.21. The molecule has 3 amide bonds. The van der Waals surface area contributed by atoms with Gasteiger partial charge in [-0.1, -0.05) is 19.9 Å². The first kappa shape index (κ1) is 24.2. The SMILES string of the molecule is CN[C@@H](C)C(=O)N[C@H](C(=O)N1c2ncccc2C[C@H]1C(=O)Nc1cc(F)ccc1F)C(C)C. The van der Waals surface area contributed by atoms with Crippen LogP contribution in [-0.4, -0.2) is 47.9 Å². The number of nitrogens with zero attached hydrogens (tertiary/aromatic N) is 2. The van der Waals surface area contributed by atoms with Gasteiger partial charge in [0, 0.05) is 18.7 Å². The number of pyridine rings is 1. The van der Waals surface area contributed by atoms with E-state index in [2.05, 4.69) is 20.9 Å². The minimum atomic E-state index is -1.05. The molecule has 1 aromatic heterocycles. The van der Waals surface area contributed by atoms with Crippen molar-refractivity contribution in [3.63, 3.8) is 0 Å². The highest BCUT2D eigenvalue weighted by molar-refractivity contribution is 6.09. The highest BCUT2D eigenvalue weighted by Gasteiger charge is 2.43. The third-order valence-electron chi connectivity index (χ3n) is 5.60. The molecule has 0 unspecified atom stereocenters. The van der Waals surface area contributed by atoms with Gasteiger partial charge in [0.1, 0.15) is 29.5 Å². The molecule has 1 aromatic carbocycles. The van der Waals surface area contributed by atoms with Crippen LogP contribution < -0.4 is 20.9 Å². The van der Waals surface area contributed by atoms with Gasteiger partial charge in [0.15, 0.2) is 0 Å². The molecule has 3 N–H and O–H groups in total. The van der Waals surface area contributed by atoms with Gasteiger partial charge >= 0.3 is 0 Å². The van der Waals surface area contributed by atoms with Crippen molar-refractivity contribution in [3.05, 3.63) is 53.7 Å². The summed E-state index contributed by atoms with van der Waals surface area (Å²) in [5.41, 5.74) is 0.330. The second kappa shape index (κ2) is 10.0. The number of halogens is 2. The normalized spacial score (nSPS) is 16.8. The molecular weight excluding hydrogens is 432 g/mol. The van der Waals surface area contributed by atoms with Crippen LogP contribution in [0.1, 0.15) is 26.3 Å². The number of nitrogens with one attached hydrogen (secondary N) is 3. The molecule has 0 aliphatic carbocycles. The Morgan fingerprint density at radius 2 is 1.88 bits per heavy atom. The lowest BCUT2D eigenvalue weighted by Gasteiger charge is -2.31. The second-order valence-corrected chi connectivity index (χ2v) is 8.27. The maximum Gasteiger partial charge on any atom is 0.251 e. The zero-order valence-electron chi connectivity index (χ0n) is 18.9. The van der Waals surface area contributed by atoms with Crippen LogP contribution in [0.15, 0.2) is 36.5 Å². The standard InChI is InChI=1S/C23H27F2N5O3/c1-12(2)19(29-21(31)13(3)26-4)23(33)30-18(10-14-6-5-9-27-20(14)30)22(32)28-17-11-15(24)7-8-16(17)25/h5-9,11-13,18-19,26H,10H2,1-4H3,(H,28,32)(H,29,31)/t13-,18-,19-/m0/s1. The number of hydrogen-bond donors (Lipinski definition) is 3. The Bertz CT molecular complexity index is 1060. The number of likely N-dealkylation sites (N-methyl/N-ethyl adjacent to an activating group) is 1. The number of carbonyl (C=O) groups is 3. The molecule has 1 aliphatic heterocycles. The van der Waals surface area contributed by atoms with Gasteiger partial charge in [0.25, 0.3) is 5.91 Å². The van der Waals surface area contributed by atoms with Crippen molar-refractivity contribution in [2.24, 2.45) is 5.92 Å². The lowest BCUT2D eigenvalue weighted by Crippen LogP contribution is -2.57. The van der Waals surface area contributed by atoms with Crippen LogP contribution in [0.5, 0.6) is 0 Å². The maximum atomic E-state index is 14.1. The molecule has 1 aliphatic rings. The zero-order chi connectivity index (χ0) is 24.3. The monoisotopic (exact) mass is 459 g/mol. The quantitative estimate of drug-likeness (QED) is 0.588. The van der Waals surface area contributed by atoms with Gasteiger partial charge in [-0.2, -0.15) is 0 Å². The predicted octanol–water partition coefficient (Wildman–Crippen LogP) is 2.00. The summed E-state index contributed by atoms with van der Waals surface area (Å²) in [5.74, 6) is -3.08. The average molecular weight is 459 g/mol. The van der Waals surface area contributed by atoms with Crippen molar-refractivity contribution in [1.82, 2.24) is 15.6 Å². The highest BCUT2D eigenvalue weighted by Crippen LogP contribution is 2.32. The van der Waals surface area contributed by atoms with E-state index in [1.165, 1.54) is 11.1 Å². The smallest absolute Gasteiger partial charge is 0.251 e. The van der Waals surface area contributed by atoms with Crippen LogP contribution in [0.2, 0.25) is 0 Å². The zero-order valence-corrected chi connectivity index (χ0v) is 18.9. The maximum absolute atomic E-state index is 14.1. The molecule has 0 fully saturated rings. The van der Waals surface area contributed by atoms with Crippen molar-refractivity contribution in [2.75, 3.05) is 17.3 Å². The third-order valence-corrected chi connectivity index (χ3v) is 5.60. The number of carbonyl (C=O) groups excluding carboxylic acids is 3. The fraction of sp³-hybridized carbons (Fsp3) is 0.391. The van der Waals surface area contributed by atoms with Crippen molar-refractivity contribution in [3.8, 4) is 0 Å². The van der Waals surface area contributed by atoms with E-state index in [0.717, 1.165) is 18.2 Å². The van der Waals surface area contributed by atoms with E-state index in [1.54, 1.807) is 40.0 Å². The summed E-state index contributed by atoms with van der Waals surface area (Å²) in [6.07, 6.45) is 1.64. The number of fused-ring (bicyclic) bond motifs is 1. The molecule has 0 radical (unpaired) electrons. The lowest BCUT2D eigenvalue weighted by atomic mass is 10.0. The summed E-state index contributed by atoms with van der Waals surface area (Å²) in [4.78, 5) is 44.7. The van der Waals surface area contributed by atoms with Gasteiger partial charge < -0.3 is 16.0 Å². The highest BCUT2D eigenvalue weighted by atomic mass is 19.1. The van der Waals surface area contributed by atoms with Gasteiger partial charge in [-0.05, 0) is 43.7 Å². The van der Waals surface area contributed by atoms with E-state index >= 15 is 0 Å². The van der Waals surface area contributed by atoms with E-state index in [4.69, 9.17) is 0 Å². The fourth-order valence-corrected chi connectivity index (χ4v) is 3.60. The number of hydrogen-bond acceptors (Lipinski definition) is 5. The van der Waals surface area contributed by atoms with Gasteiger partial charge in [-0.3, -0.25) is 19.3 Å². The Morgan fingerprint density at radius 3 is 2.55 bits per heavy atom.